The van der Waals surface area contributed by atoms with Gasteiger partial charge in [0.25, 0.3) is 0 Å². The normalized spacial score (nSPS) is 22.9. The van der Waals surface area contributed by atoms with Crippen molar-refractivity contribution in [1.82, 2.24) is 14.9 Å². The molecule has 1 spiro atoms. The van der Waals surface area contributed by atoms with Gasteiger partial charge in [-0.15, -0.1) is 0 Å². The first-order valence-electron chi connectivity index (χ1n) is 9.42. The van der Waals surface area contributed by atoms with E-state index in [1.807, 2.05) is 28.0 Å². The number of hydrogen-bond acceptors (Lipinski definition) is 4. The second-order valence-corrected chi connectivity index (χ2v) is 8.54. The SMILES string of the molecule is CC1CCN(C(=O)N2CC3(C2)CN(c2cnccn2)C3)c2ccc(Cl)cc21. The fourth-order valence-electron chi connectivity index (χ4n) is 4.61. The summed E-state index contributed by atoms with van der Waals surface area (Å²) in [4.78, 5) is 27.7. The number of hydrogen-bond donors (Lipinski definition) is 0. The van der Waals surface area contributed by atoms with E-state index >= 15 is 0 Å². The van der Waals surface area contributed by atoms with Gasteiger partial charge in [0.05, 0.1) is 6.20 Å². The molecule has 3 aliphatic heterocycles. The lowest BCUT2D eigenvalue weighted by atomic mass is 9.73. The lowest BCUT2D eigenvalue weighted by Gasteiger charge is -2.60. The predicted octanol–water partition coefficient (Wildman–Crippen LogP) is 3.39. The van der Waals surface area contributed by atoms with Crippen LogP contribution in [0.4, 0.5) is 16.3 Å². The van der Waals surface area contributed by atoms with Gasteiger partial charge in [0, 0.05) is 61.2 Å². The first-order valence-corrected chi connectivity index (χ1v) is 9.79. The topological polar surface area (TPSA) is 52.6 Å². The van der Waals surface area contributed by atoms with Crippen LogP contribution in [-0.2, 0) is 0 Å². The number of benzene rings is 1. The first kappa shape index (κ1) is 16.8. The van der Waals surface area contributed by atoms with E-state index in [2.05, 4.69) is 21.8 Å². The number of fused-ring (bicyclic) bond motifs is 1. The van der Waals surface area contributed by atoms with Crippen LogP contribution in [0.2, 0.25) is 5.02 Å². The Hall–Kier alpha value is -2.34. The Morgan fingerprint density at radius 2 is 2.04 bits per heavy atom. The van der Waals surface area contributed by atoms with Gasteiger partial charge >= 0.3 is 6.03 Å². The van der Waals surface area contributed by atoms with Gasteiger partial charge in [0.15, 0.2) is 0 Å². The van der Waals surface area contributed by atoms with Crippen LogP contribution in [-0.4, -0.2) is 53.6 Å². The maximum absolute atomic E-state index is 13.1. The van der Waals surface area contributed by atoms with Gasteiger partial charge in [-0.2, -0.15) is 0 Å². The van der Waals surface area contributed by atoms with Crippen LogP contribution < -0.4 is 9.80 Å². The van der Waals surface area contributed by atoms with Crippen LogP contribution in [0.25, 0.3) is 0 Å². The summed E-state index contributed by atoms with van der Waals surface area (Å²) in [5, 5.41) is 0.733. The van der Waals surface area contributed by atoms with E-state index in [1.165, 1.54) is 5.56 Å². The Kier molecular flexibility index (Phi) is 3.79. The van der Waals surface area contributed by atoms with E-state index in [0.717, 1.165) is 55.7 Å². The smallest absolute Gasteiger partial charge is 0.324 e. The van der Waals surface area contributed by atoms with Crippen LogP contribution in [0.1, 0.15) is 24.8 Å². The van der Waals surface area contributed by atoms with E-state index in [4.69, 9.17) is 11.6 Å². The molecule has 2 fully saturated rings. The highest BCUT2D eigenvalue weighted by Crippen LogP contribution is 2.43. The number of amides is 2. The molecule has 7 heteroatoms. The number of aromatic nitrogens is 2. The molecule has 0 aliphatic carbocycles. The monoisotopic (exact) mass is 383 g/mol. The maximum Gasteiger partial charge on any atom is 0.324 e. The van der Waals surface area contributed by atoms with Gasteiger partial charge in [-0.1, -0.05) is 18.5 Å². The summed E-state index contributed by atoms with van der Waals surface area (Å²) in [7, 11) is 0. The maximum atomic E-state index is 13.1. The zero-order chi connectivity index (χ0) is 18.6. The Bertz CT molecular complexity index is 875. The molecule has 5 rings (SSSR count). The number of urea groups is 1. The lowest BCUT2D eigenvalue weighted by Crippen LogP contribution is -2.74. The van der Waals surface area contributed by atoms with Crippen LogP contribution >= 0.6 is 11.6 Å². The van der Waals surface area contributed by atoms with Crippen molar-refractivity contribution in [2.45, 2.75) is 19.3 Å². The van der Waals surface area contributed by atoms with Gasteiger partial charge in [0.2, 0.25) is 0 Å². The highest BCUT2D eigenvalue weighted by molar-refractivity contribution is 6.30. The standard InChI is InChI=1S/C20H22ClN5O/c1-14-4-7-26(17-3-2-15(21)8-16(14)17)19(27)25-12-20(13-25)10-24(11-20)18-9-22-5-6-23-18/h2-3,5-6,8-9,14H,4,7,10-13H2,1H3. The highest BCUT2D eigenvalue weighted by atomic mass is 35.5. The third-order valence-corrected chi connectivity index (χ3v) is 6.31. The number of anilines is 2. The zero-order valence-corrected chi connectivity index (χ0v) is 16.1. The van der Waals surface area contributed by atoms with Crippen molar-refractivity contribution in [2.75, 3.05) is 42.5 Å². The summed E-state index contributed by atoms with van der Waals surface area (Å²) >= 11 is 6.17. The molecule has 0 N–H and O–H groups in total. The van der Waals surface area contributed by atoms with Crippen LogP contribution in [0.15, 0.2) is 36.8 Å². The Morgan fingerprint density at radius 3 is 2.78 bits per heavy atom. The predicted molar refractivity (Wildman–Crippen MR) is 105 cm³/mol. The lowest BCUT2D eigenvalue weighted by molar-refractivity contribution is 0.00951. The van der Waals surface area contributed by atoms with Crippen LogP contribution in [0.3, 0.4) is 0 Å². The average molecular weight is 384 g/mol. The van der Waals surface area contributed by atoms with E-state index in [-0.39, 0.29) is 11.4 Å². The average Bonchev–Trinajstić information content (AvgIpc) is 2.61. The molecule has 2 saturated heterocycles. The van der Waals surface area contributed by atoms with Crippen molar-refractivity contribution >= 4 is 29.1 Å². The molecule has 1 aromatic carbocycles. The van der Waals surface area contributed by atoms with Crippen LogP contribution in [0.5, 0.6) is 0 Å². The fourth-order valence-corrected chi connectivity index (χ4v) is 4.79. The summed E-state index contributed by atoms with van der Waals surface area (Å²) in [6.45, 7) is 6.49. The number of nitrogens with zero attached hydrogens (tertiary/aromatic N) is 5. The van der Waals surface area contributed by atoms with Crippen molar-refractivity contribution in [3.63, 3.8) is 0 Å². The summed E-state index contributed by atoms with van der Waals surface area (Å²) < 4.78 is 0. The Labute approximate surface area is 163 Å². The number of halogens is 1. The Balaban J connectivity index is 1.25. The van der Waals surface area contributed by atoms with Gasteiger partial charge in [-0.3, -0.25) is 9.88 Å². The minimum absolute atomic E-state index is 0.119. The number of carbonyl (C=O) groups is 1. The minimum atomic E-state index is 0.119. The van der Waals surface area contributed by atoms with Crippen molar-refractivity contribution in [1.29, 1.82) is 0 Å². The molecule has 0 saturated carbocycles. The highest BCUT2D eigenvalue weighted by Gasteiger charge is 2.54. The molecule has 4 heterocycles. The molecule has 6 nitrogen and oxygen atoms in total. The van der Waals surface area contributed by atoms with Crippen molar-refractivity contribution in [3.05, 3.63) is 47.4 Å². The minimum Gasteiger partial charge on any atom is -0.354 e. The third-order valence-electron chi connectivity index (χ3n) is 6.08. The van der Waals surface area contributed by atoms with Crippen molar-refractivity contribution < 1.29 is 4.79 Å². The quantitative estimate of drug-likeness (QED) is 0.757. The summed E-state index contributed by atoms with van der Waals surface area (Å²) in [6.07, 6.45) is 6.18. The molecule has 140 valence electrons. The van der Waals surface area contributed by atoms with E-state index in [0.29, 0.717) is 5.92 Å². The number of rotatable bonds is 1. The van der Waals surface area contributed by atoms with Crippen molar-refractivity contribution in [3.8, 4) is 0 Å². The van der Waals surface area contributed by atoms with Gasteiger partial charge in [0.1, 0.15) is 5.82 Å². The summed E-state index contributed by atoms with van der Waals surface area (Å²) in [5.41, 5.74) is 2.41. The molecule has 27 heavy (non-hydrogen) atoms. The van der Waals surface area contributed by atoms with Gasteiger partial charge in [-0.05, 0) is 36.1 Å². The molecular formula is C20H22ClN5O. The largest absolute Gasteiger partial charge is 0.354 e. The molecule has 2 amide bonds. The molecule has 0 radical (unpaired) electrons. The summed E-state index contributed by atoms with van der Waals surface area (Å²) in [5.74, 6) is 1.35. The number of carbonyl (C=O) groups excluding carboxylic acids is 1. The van der Waals surface area contributed by atoms with Crippen LogP contribution in [0, 0.1) is 5.41 Å². The molecule has 1 aromatic heterocycles. The van der Waals surface area contributed by atoms with Gasteiger partial charge in [-0.25, -0.2) is 9.78 Å². The molecule has 1 atom stereocenters. The summed E-state index contributed by atoms with van der Waals surface area (Å²) in [6, 6.07) is 5.98. The molecule has 0 bridgehead atoms. The number of likely N-dealkylation sites (tertiary alicyclic amines) is 1. The second kappa shape index (κ2) is 6.09. The van der Waals surface area contributed by atoms with Crippen molar-refractivity contribution in [2.24, 2.45) is 5.41 Å². The third kappa shape index (κ3) is 2.74. The molecular weight excluding hydrogens is 362 g/mol. The van der Waals surface area contributed by atoms with E-state index in [1.54, 1.807) is 18.6 Å². The zero-order valence-electron chi connectivity index (χ0n) is 15.3. The van der Waals surface area contributed by atoms with E-state index in [9.17, 15) is 4.79 Å². The second-order valence-electron chi connectivity index (χ2n) is 8.10. The molecule has 3 aliphatic rings. The molecule has 1 unspecified atom stereocenters. The Morgan fingerprint density at radius 1 is 1.22 bits per heavy atom. The molecule has 2 aromatic rings. The first-order chi connectivity index (χ1) is 13.0. The van der Waals surface area contributed by atoms with Gasteiger partial charge < -0.3 is 9.80 Å². The fraction of sp³-hybridized carbons (Fsp3) is 0.450. The van der Waals surface area contributed by atoms with E-state index < -0.39 is 0 Å².